The summed E-state index contributed by atoms with van der Waals surface area (Å²) in [6.45, 7) is 10.6. The first-order valence-corrected chi connectivity index (χ1v) is 8.58. The molecular weight excluding hydrogens is 302 g/mol. The summed E-state index contributed by atoms with van der Waals surface area (Å²) in [4.78, 5) is 25.7. The van der Waals surface area contributed by atoms with Crippen molar-refractivity contribution in [3.8, 4) is 0 Å². The van der Waals surface area contributed by atoms with Gasteiger partial charge in [-0.1, -0.05) is 26.8 Å². The third-order valence-electron chi connectivity index (χ3n) is 4.44. The van der Waals surface area contributed by atoms with Crippen LogP contribution < -0.4 is 11.1 Å². The van der Waals surface area contributed by atoms with Gasteiger partial charge < -0.3 is 16.0 Å². The van der Waals surface area contributed by atoms with Crippen LogP contribution in [0.1, 0.15) is 49.5 Å². The van der Waals surface area contributed by atoms with Crippen molar-refractivity contribution in [2.24, 2.45) is 17.1 Å². The minimum atomic E-state index is -0.293. The number of carbonyl (C=O) groups is 2. The summed E-state index contributed by atoms with van der Waals surface area (Å²) >= 11 is 0. The minimum Gasteiger partial charge on any atom is -0.384 e. The van der Waals surface area contributed by atoms with Gasteiger partial charge in [0.25, 0.3) is 5.91 Å². The number of carbonyl (C=O) groups excluding carboxylic acids is 2. The highest BCUT2D eigenvalue weighted by Crippen LogP contribution is 2.26. The maximum Gasteiger partial charge on any atom is 0.254 e. The lowest BCUT2D eigenvalue weighted by Crippen LogP contribution is -2.30. The Hall–Kier alpha value is -2.04. The number of primary amides is 1. The fourth-order valence-corrected chi connectivity index (χ4v) is 3.06. The molecule has 0 aromatic heterocycles. The second kappa shape index (κ2) is 7.24. The monoisotopic (exact) mass is 331 g/mol. The van der Waals surface area contributed by atoms with Crippen molar-refractivity contribution < 1.29 is 9.59 Å². The van der Waals surface area contributed by atoms with Gasteiger partial charge in [-0.25, -0.2) is 0 Å². The molecule has 0 aliphatic carbocycles. The molecule has 0 bridgehead atoms. The van der Waals surface area contributed by atoms with Gasteiger partial charge in [0.1, 0.15) is 0 Å². The van der Waals surface area contributed by atoms with E-state index in [9.17, 15) is 9.59 Å². The van der Waals surface area contributed by atoms with E-state index in [1.807, 2.05) is 30.0 Å². The van der Waals surface area contributed by atoms with Crippen molar-refractivity contribution in [1.82, 2.24) is 4.90 Å². The summed E-state index contributed by atoms with van der Waals surface area (Å²) in [6.07, 6.45) is 1.20. The van der Waals surface area contributed by atoms with Crippen molar-refractivity contribution in [2.45, 2.75) is 40.5 Å². The van der Waals surface area contributed by atoms with Crippen LogP contribution >= 0.6 is 0 Å². The second-order valence-electron chi connectivity index (χ2n) is 7.97. The molecule has 1 atom stereocenters. The lowest BCUT2D eigenvalue weighted by atomic mass is 9.96. The van der Waals surface area contributed by atoms with Crippen molar-refractivity contribution in [1.29, 1.82) is 0 Å². The largest absolute Gasteiger partial charge is 0.384 e. The quantitative estimate of drug-likeness (QED) is 0.871. The first kappa shape index (κ1) is 18.3. The van der Waals surface area contributed by atoms with Gasteiger partial charge in [-0.05, 0) is 42.4 Å². The Balaban J connectivity index is 2.09. The van der Waals surface area contributed by atoms with Crippen LogP contribution in [0.4, 0.5) is 5.69 Å². The van der Waals surface area contributed by atoms with Gasteiger partial charge in [-0.3, -0.25) is 9.59 Å². The van der Waals surface area contributed by atoms with Crippen LogP contribution in [0.3, 0.4) is 0 Å². The van der Waals surface area contributed by atoms with E-state index in [0.717, 1.165) is 29.8 Å². The first-order chi connectivity index (χ1) is 11.2. The highest BCUT2D eigenvalue weighted by molar-refractivity contribution is 5.97. The topological polar surface area (TPSA) is 75.4 Å². The molecule has 1 fully saturated rings. The number of rotatable bonds is 5. The molecule has 0 radical (unpaired) electrons. The Kier molecular flexibility index (Phi) is 5.52. The van der Waals surface area contributed by atoms with Gasteiger partial charge in [-0.2, -0.15) is 0 Å². The second-order valence-corrected chi connectivity index (χ2v) is 7.97. The molecule has 3 N–H and O–H groups in total. The Labute approximate surface area is 144 Å². The van der Waals surface area contributed by atoms with E-state index < -0.39 is 0 Å². The fraction of sp³-hybridized carbons (Fsp3) is 0.579. The number of nitrogens with zero attached hydrogens (tertiary/aromatic N) is 1. The van der Waals surface area contributed by atoms with E-state index >= 15 is 0 Å². The average molecular weight is 331 g/mol. The van der Waals surface area contributed by atoms with Crippen molar-refractivity contribution >= 4 is 17.5 Å². The van der Waals surface area contributed by atoms with Gasteiger partial charge in [0, 0.05) is 37.3 Å². The number of benzene rings is 1. The van der Waals surface area contributed by atoms with Gasteiger partial charge in [0.15, 0.2) is 0 Å². The van der Waals surface area contributed by atoms with E-state index in [-0.39, 0.29) is 23.1 Å². The van der Waals surface area contributed by atoms with E-state index in [1.54, 1.807) is 0 Å². The zero-order valence-electron chi connectivity index (χ0n) is 15.2. The van der Waals surface area contributed by atoms with Gasteiger partial charge in [0.05, 0.1) is 0 Å². The maximum absolute atomic E-state index is 12.8. The van der Waals surface area contributed by atoms with Gasteiger partial charge in [0.2, 0.25) is 5.91 Å². The number of nitrogens with one attached hydrogen (secondary N) is 1. The third-order valence-corrected chi connectivity index (χ3v) is 4.44. The summed E-state index contributed by atoms with van der Waals surface area (Å²) in [5.41, 5.74) is 8.15. The number of hydrogen-bond acceptors (Lipinski definition) is 3. The van der Waals surface area contributed by atoms with Crippen molar-refractivity contribution in [2.75, 3.05) is 25.0 Å². The van der Waals surface area contributed by atoms with Gasteiger partial charge in [-0.15, -0.1) is 0 Å². The highest BCUT2D eigenvalue weighted by Gasteiger charge is 2.28. The molecule has 1 heterocycles. The molecule has 24 heavy (non-hydrogen) atoms. The van der Waals surface area contributed by atoms with Crippen LogP contribution in [-0.2, 0) is 4.79 Å². The zero-order valence-corrected chi connectivity index (χ0v) is 15.2. The summed E-state index contributed by atoms with van der Waals surface area (Å²) in [5.74, 6) is -0.0632. The smallest absolute Gasteiger partial charge is 0.254 e. The van der Waals surface area contributed by atoms with Gasteiger partial charge >= 0.3 is 0 Å². The molecule has 1 aromatic rings. The molecule has 2 rings (SSSR count). The molecule has 1 aliphatic rings. The molecule has 132 valence electrons. The fourth-order valence-electron chi connectivity index (χ4n) is 3.06. The van der Waals surface area contributed by atoms with E-state index in [4.69, 9.17) is 5.73 Å². The predicted octanol–water partition coefficient (Wildman–Crippen LogP) is 2.79. The van der Waals surface area contributed by atoms with Crippen LogP contribution in [0.15, 0.2) is 18.2 Å². The van der Waals surface area contributed by atoms with Crippen molar-refractivity contribution in [3.63, 3.8) is 0 Å². The lowest BCUT2D eigenvalue weighted by Gasteiger charge is -2.22. The van der Waals surface area contributed by atoms with Crippen LogP contribution in [0.25, 0.3) is 0 Å². The maximum atomic E-state index is 12.8. The van der Waals surface area contributed by atoms with Crippen LogP contribution in [0, 0.1) is 18.3 Å². The molecule has 5 nitrogen and oxygen atoms in total. The Morgan fingerprint density at radius 3 is 2.67 bits per heavy atom. The van der Waals surface area contributed by atoms with E-state index in [0.29, 0.717) is 19.5 Å². The average Bonchev–Trinajstić information content (AvgIpc) is 2.92. The normalized spacial score (nSPS) is 17.8. The molecule has 5 heteroatoms. The van der Waals surface area contributed by atoms with Crippen LogP contribution in [0.2, 0.25) is 0 Å². The predicted molar refractivity (Wildman–Crippen MR) is 96.9 cm³/mol. The van der Waals surface area contributed by atoms with Crippen molar-refractivity contribution in [3.05, 3.63) is 29.3 Å². The molecular formula is C19H29N3O2. The van der Waals surface area contributed by atoms with E-state index in [2.05, 4.69) is 26.1 Å². The molecule has 1 aliphatic heterocycles. The molecule has 1 aromatic carbocycles. The number of likely N-dealkylation sites (tertiary alicyclic amines) is 1. The number of hydrogen-bond donors (Lipinski definition) is 2. The summed E-state index contributed by atoms with van der Waals surface area (Å²) in [5, 5.41) is 3.44. The molecule has 0 spiro atoms. The van der Waals surface area contributed by atoms with Crippen LogP contribution in [0.5, 0.6) is 0 Å². The summed E-state index contributed by atoms with van der Waals surface area (Å²) in [7, 11) is 0. The molecule has 2 amide bonds. The third kappa shape index (κ3) is 4.73. The SMILES string of the molecule is Cc1c(NCC(C)(C)C)cccc1C(=O)N1CCC(CC(N)=O)C1. The lowest BCUT2D eigenvalue weighted by molar-refractivity contribution is -0.118. The molecule has 0 saturated carbocycles. The molecule has 1 saturated heterocycles. The number of nitrogens with two attached hydrogens (primary N) is 1. The Bertz CT molecular complexity index is 620. The Morgan fingerprint density at radius 1 is 1.33 bits per heavy atom. The number of anilines is 1. The number of amides is 2. The van der Waals surface area contributed by atoms with E-state index in [1.165, 1.54) is 0 Å². The first-order valence-electron chi connectivity index (χ1n) is 8.58. The summed E-state index contributed by atoms with van der Waals surface area (Å²) in [6, 6.07) is 5.81. The minimum absolute atomic E-state index is 0.0406. The zero-order chi connectivity index (χ0) is 17.9. The molecule has 1 unspecified atom stereocenters. The van der Waals surface area contributed by atoms with Crippen LogP contribution in [-0.4, -0.2) is 36.3 Å². The highest BCUT2D eigenvalue weighted by atomic mass is 16.2. The standard InChI is InChI=1S/C19H29N3O2/c1-13-15(6-5-7-16(13)21-12-19(2,3)4)18(24)22-9-8-14(11-22)10-17(20)23/h5-7,14,21H,8-12H2,1-4H3,(H2,20,23). The summed E-state index contributed by atoms with van der Waals surface area (Å²) < 4.78 is 0. The Morgan fingerprint density at radius 2 is 2.04 bits per heavy atom.